The Labute approximate surface area is 234 Å². The number of hydrogen-bond acceptors (Lipinski definition) is 7. The molecule has 1 aromatic carbocycles. The largest absolute Gasteiger partial charge is 0.474 e. The minimum absolute atomic E-state index is 0.190. The number of amides is 2. The highest BCUT2D eigenvalue weighted by atomic mass is 16.5. The average Bonchev–Trinajstić information content (AvgIpc) is 3.58. The molecule has 1 unspecified atom stereocenters. The lowest BCUT2D eigenvalue weighted by Crippen LogP contribution is -2.31. The number of rotatable bonds is 6. The Balaban J connectivity index is 1.09. The lowest BCUT2D eigenvalue weighted by molar-refractivity contribution is -0.551. The first-order valence-corrected chi connectivity index (χ1v) is 13.8. The third-order valence-corrected chi connectivity index (χ3v) is 6.71. The molecule has 0 bridgehead atoms. The molecule has 1 saturated heterocycles. The number of likely N-dealkylation sites (tertiary alicyclic amines) is 1. The molecule has 1 aromatic heterocycles. The minimum Gasteiger partial charge on any atom is -0.474 e. The van der Waals surface area contributed by atoms with Crippen molar-refractivity contribution in [2.75, 3.05) is 36.9 Å². The number of urea groups is 1. The summed E-state index contributed by atoms with van der Waals surface area (Å²) >= 11 is 0. The van der Waals surface area contributed by atoms with Crippen LogP contribution in [0.25, 0.3) is 0 Å². The molecule has 4 heterocycles. The number of nitrogens with zero attached hydrogens (tertiary/aromatic N) is 5. The zero-order valence-electron chi connectivity index (χ0n) is 23.3. The molecular weight excluding hydrogens is 506 g/mol. The molecule has 208 valence electrons. The number of piperidine rings is 1. The quantitative estimate of drug-likeness (QED) is 0.315. The summed E-state index contributed by atoms with van der Waals surface area (Å²) in [7, 11) is 0. The van der Waals surface area contributed by atoms with E-state index in [4.69, 9.17) is 9.26 Å². The highest BCUT2D eigenvalue weighted by Gasteiger charge is 2.29. The molecule has 0 radical (unpaired) electrons. The van der Waals surface area contributed by atoms with Gasteiger partial charge in [0.1, 0.15) is 5.76 Å². The Morgan fingerprint density at radius 2 is 1.95 bits per heavy atom. The first kappa shape index (κ1) is 27.3. The van der Waals surface area contributed by atoms with Gasteiger partial charge in [-0.1, -0.05) is 43.0 Å². The standard InChI is InChI=1S/C30H35N7O3/c1-30(2,3)25-20-26(35-40-25)33-29(38)32-23-11-8-22(9-12-23)10-13-24-21-37-27(31-24)14-15-28(34-37)39-19-7-18-36-16-5-4-6-17-36/h8-9,11-12,14-15,20-21,27H,4-7,16-19H2,1-3H3,(H-,31,32,33,35,38)/p+1. The van der Waals surface area contributed by atoms with Crippen molar-refractivity contribution < 1.29 is 18.7 Å². The van der Waals surface area contributed by atoms with E-state index in [1.54, 1.807) is 22.9 Å². The molecule has 0 aliphatic carbocycles. The van der Waals surface area contributed by atoms with Gasteiger partial charge in [-0.25, -0.2) is 4.79 Å². The third kappa shape index (κ3) is 7.45. The SMILES string of the molecule is CC(C)(C)c1cc(NC(=O)Nc2ccc(C#CC3=NC4C=CC(OCCCN5CCCCC5)=N[N+]4=C3)cc2)no1. The van der Waals surface area contributed by atoms with E-state index in [-0.39, 0.29) is 11.6 Å². The Hall–Kier alpha value is -4.23. The fourth-order valence-electron chi connectivity index (χ4n) is 4.50. The van der Waals surface area contributed by atoms with Gasteiger partial charge in [0.15, 0.2) is 11.5 Å². The summed E-state index contributed by atoms with van der Waals surface area (Å²) in [4.78, 5) is 19.4. The highest BCUT2D eigenvalue weighted by Crippen LogP contribution is 2.24. The van der Waals surface area contributed by atoms with E-state index in [2.05, 4.69) is 42.6 Å². The number of hydrogen-bond donors (Lipinski definition) is 2. The number of nitrogens with one attached hydrogen (secondary N) is 2. The van der Waals surface area contributed by atoms with E-state index in [0.29, 0.717) is 35.5 Å². The smallest absolute Gasteiger partial charge is 0.324 e. The van der Waals surface area contributed by atoms with Gasteiger partial charge in [0.25, 0.3) is 12.1 Å². The summed E-state index contributed by atoms with van der Waals surface area (Å²) in [5, 5.41) is 13.9. The molecular formula is C30H36N7O3+. The zero-order valence-corrected chi connectivity index (χ0v) is 23.3. The molecule has 3 aliphatic heterocycles. The lowest BCUT2D eigenvalue weighted by atomic mass is 9.93. The molecule has 2 N–H and O–H groups in total. The van der Waals surface area contributed by atoms with E-state index in [1.807, 2.05) is 51.3 Å². The van der Waals surface area contributed by atoms with E-state index in [1.165, 1.54) is 32.4 Å². The lowest BCUT2D eigenvalue weighted by Gasteiger charge is -2.26. The highest BCUT2D eigenvalue weighted by molar-refractivity contribution is 6.38. The Kier molecular flexibility index (Phi) is 8.41. The van der Waals surface area contributed by atoms with Crippen molar-refractivity contribution in [3.63, 3.8) is 0 Å². The summed E-state index contributed by atoms with van der Waals surface area (Å²) in [5.74, 6) is 7.87. The van der Waals surface area contributed by atoms with Gasteiger partial charge in [-0.2, -0.15) is 4.99 Å². The van der Waals surface area contributed by atoms with E-state index in [9.17, 15) is 4.79 Å². The summed E-state index contributed by atoms with van der Waals surface area (Å²) < 4.78 is 12.9. The Morgan fingerprint density at radius 3 is 2.70 bits per heavy atom. The maximum atomic E-state index is 12.3. The van der Waals surface area contributed by atoms with Crippen LogP contribution >= 0.6 is 0 Å². The number of aromatic nitrogens is 1. The van der Waals surface area contributed by atoms with Crippen LogP contribution in [-0.4, -0.2) is 71.0 Å². The second-order valence-corrected chi connectivity index (χ2v) is 11.1. The van der Waals surface area contributed by atoms with Crippen molar-refractivity contribution >= 4 is 35.4 Å². The molecule has 0 spiro atoms. The topological polar surface area (TPSA) is 107 Å². The predicted molar refractivity (Wildman–Crippen MR) is 156 cm³/mol. The van der Waals surface area contributed by atoms with Gasteiger partial charge in [0.2, 0.25) is 6.21 Å². The van der Waals surface area contributed by atoms with E-state index < -0.39 is 6.03 Å². The molecule has 10 heteroatoms. The summed E-state index contributed by atoms with van der Waals surface area (Å²) in [6, 6.07) is 8.58. The predicted octanol–water partition coefficient (Wildman–Crippen LogP) is 4.61. The minimum atomic E-state index is -0.405. The number of aliphatic imine (C=N–C) groups is 1. The summed E-state index contributed by atoms with van der Waals surface area (Å²) in [6.45, 7) is 10.2. The maximum absolute atomic E-state index is 12.3. The average molecular weight is 543 g/mol. The Bertz CT molecular complexity index is 1400. The number of benzene rings is 1. The van der Waals surface area contributed by atoms with Crippen molar-refractivity contribution in [3.8, 4) is 11.8 Å². The van der Waals surface area contributed by atoms with Gasteiger partial charge in [-0.05, 0) is 62.5 Å². The maximum Gasteiger partial charge on any atom is 0.324 e. The molecule has 10 nitrogen and oxygen atoms in total. The van der Waals surface area contributed by atoms with Crippen LogP contribution in [0, 0.1) is 11.8 Å². The van der Waals surface area contributed by atoms with Crippen LogP contribution in [0.2, 0.25) is 0 Å². The van der Waals surface area contributed by atoms with Gasteiger partial charge in [-0.15, -0.1) is 0 Å². The van der Waals surface area contributed by atoms with Crippen LogP contribution in [0.1, 0.15) is 57.8 Å². The van der Waals surface area contributed by atoms with Crippen molar-refractivity contribution in [2.45, 2.75) is 58.0 Å². The monoisotopic (exact) mass is 542 g/mol. The van der Waals surface area contributed by atoms with Gasteiger partial charge in [-0.3, -0.25) is 5.32 Å². The van der Waals surface area contributed by atoms with Gasteiger partial charge >= 0.3 is 6.03 Å². The molecule has 3 aliphatic rings. The van der Waals surface area contributed by atoms with Crippen LogP contribution in [0.3, 0.4) is 0 Å². The number of fused-ring (bicyclic) bond motifs is 1. The van der Waals surface area contributed by atoms with Crippen LogP contribution in [0.5, 0.6) is 0 Å². The van der Waals surface area contributed by atoms with Crippen LogP contribution in [0.4, 0.5) is 16.3 Å². The number of carbonyl (C=O) groups excluding carboxylic acids is 1. The fraction of sp³-hybridized carbons (Fsp3) is 0.433. The molecule has 2 aromatic rings. The Morgan fingerprint density at radius 1 is 1.15 bits per heavy atom. The molecule has 0 saturated carbocycles. The molecule has 2 amide bonds. The zero-order chi connectivity index (χ0) is 28.0. The molecule has 5 rings (SSSR count). The van der Waals surface area contributed by atoms with E-state index in [0.717, 1.165) is 18.5 Å². The van der Waals surface area contributed by atoms with Crippen molar-refractivity contribution in [3.05, 3.63) is 53.8 Å². The normalized spacial score (nSPS) is 18.6. The second kappa shape index (κ2) is 12.3. The first-order chi connectivity index (χ1) is 19.3. The van der Waals surface area contributed by atoms with Crippen LogP contribution in [0.15, 0.2) is 57.1 Å². The first-order valence-electron chi connectivity index (χ1n) is 13.8. The fourth-order valence-corrected chi connectivity index (χ4v) is 4.50. The summed E-state index contributed by atoms with van der Waals surface area (Å²) in [6.07, 6.45) is 10.4. The number of anilines is 2. The molecule has 40 heavy (non-hydrogen) atoms. The van der Waals surface area contributed by atoms with E-state index >= 15 is 0 Å². The van der Waals surface area contributed by atoms with Crippen molar-refractivity contribution in [2.24, 2.45) is 10.1 Å². The molecule has 1 fully saturated rings. The van der Waals surface area contributed by atoms with Gasteiger partial charge in [0.05, 0.1) is 6.61 Å². The third-order valence-electron chi connectivity index (χ3n) is 6.71. The van der Waals surface area contributed by atoms with Crippen molar-refractivity contribution in [1.29, 1.82) is 0 Å². The summed E-state index contributed by atoms with van der Waals surface area (Å²) in [5.41, 5.74) is 1.89. The van der Waals surface area contributed by atoms with Crippen molar-refractivity contribution in [1.82, 2.24) is 10.1 Å². The number of hydrazone groups is 1. The van der Waals surface area contributed by atoms with Crippen LogP contribution in [-0.2, 0) is 10.2 Å². The number of ether oxygens (including phenoxy) is 1. The number of carbonyl (C=O) groups is 1. The van der Waals surface area contributed by atoms with Crippen LogP contribution < -0.4 is 10.6 Å². The second-order valence-electron chi connectivity index (χ2n) is 11.1. The van der Waals surface area contributed by atoms with Gasteiger partial charge < -0.3 is 19.5 Å². The van der Waals surface area contributed by atoms with Gasteiger partial charge in [0, 0.05) is 46.5 Å². The molecule has 1 atom stereocenters.